The van der Waals surface area contributed by atoms with Crippen molar-refractivity contribution in [2.75, 3.05) is 39.5 Å². The number of fused-ring (bicyclic) bond motifs is 5. The molecular weight excluding hydrogens is 458 g/mol. The summed E-state index contributed by atoms with van der Waals surface area (Å²) < 4.78 is 18.1. The number of Topliss-reactive ketones (excluding diaryl/α,β-unsaturated/α-hetero) is 1. The molecule has 0 aromatic heterocycles. The summed E-state index contributed by atoms with van der Waals surface area (Å²) >= 11 is 0. The van der Waals surface area contributed by atoms with E-state index < -0.39 is 5.79 Å². The van der Waals surface area contributed by atoms with Crippen LogP contribution >= 0.6 is 0 Å². The minimum atomic E-state index is -0.944. The number of carbonyl (C=O) groups excluding carboxylic acids is 1. The minimum absolute atomic E-state index is 0.0504. The highest BCUT2D eigenvalue weighted by molar-refractivity contribution is 5.84. The number of rotatable bonds is 3. The van der Waals surface area contributed by atoms with E-state index in [9.17, 15) is 15.0 Å². The molecule has 36 heavy (non-hydrogen) atoms. The second-order valence-electron chi connectivity index (χ2n) is 14.1. The predicted molar refractivity (Wildman–Crippen MR) is 134 cm³/mol. The Morgan fingerprint density at radius 1 is 0.972 bits per heavy atom. The molecule has 4 aliphatic carbocycles. The summed E-state index contributed by atoms with van der Waals surface area (Å²) in [5.41, 5.74) is -0.490. The van der Waals surface area contributed by atoms with Crippen LogP contribution in [-0.4, -0.2) is 83.9 Å². The fraction of sp³-hybridized carbons (Fsp3) is 0.966. The lowest BCUT2D eigenvalue weighted by atomic mass is 9.43. The number of aliphatic hydroxyl groups is 2. The zero-order valence-corrected chi connectivity index (χ0v) is 22.7. The van der Waals surface area contributed by atoms with Crippen LogP contribution in [0.1, 0.15) is 72.6 Å². The van der Waals surface area contributed by atoms with Gasteiger partial charge in [-0.15, -0.1) is 0 Å². The Labute approximate surface area is 216 Å². The Morgan fingerprint density at radius 3 is 2.42 bits per heavy atom. The van der Waals surface area contributed by atoms with Gasteiger partial charge in [0.15, 0.2) is 5.79 Å². The van der Waals surface area contributed by atoms with Gasteiger partial charge in [-0.25, -0.2) is 0 Å². The largest absolute Gasteiger partial charge is 0.391 e. The van der Waals surface area contributed by atoms with Gasteiger partial charge in [-0.05, 0) is 81.0 Å². The van der Waals surface area contributed by atoms with Gasteiger partial charge in [0.1, 0.15) is 5.78 Å². The van der Waals surface area contributed by atoms with Crippen LogP contribution in [0, 0.1) is 40.4 Å². The second kappa shape index (κ2) is 8.72. The van der Waals surface area contributed by atoms with E-state index in [0.29, 0.717) is 49.8 Å². The Balaban J connectivity index is 1.28. The van der Waals surface area contributed by atoms with Crippen molar-refractivity contribution in [2.45, 2.75) is 96.2 Å². The first kappa shape index (κ1) is 25.7. The molecule has 6 rings (SSSR count). The predicted octanol–water partition coefficient (Wildman–Crippen LogP) is 3.01. The first-order chi connectivity index (χ1) is 17.0. The van der Waals surface area contributed by atoms with Crippen molar-refractivity contribution < 1.29 is 29.2 Å². The Morgan fingerprint density at radius 2 is 1.72 bits per heavy atom. The molecule has 6 fully saturated rings. The monoisotopic (exact) mass is 505 g/mol. The molecule has 204 valence electrons. The third-order valence-electron chi connectivity index (χ3n) is 11.8. The first-order valence-corrected chi connectivity index (χ1v) is 14.5. The van der Waals surface area contributed by atoms with Crippen LogP contribution in [0.2, 0.25) is 0 Å². The van der Waals surface area contributed by atoms with Crippen LogP contribution in [-0.2, 0) is 19.0 Å². The third kappa shape index (κ3) is 3.70. The van der Waals surface area contributed by atoms with Crippen LogP contribution in [0.3, 0.4) is 0 Å². The number of ketones is 1. The molecule has 0 spiro atoms. The van der Waals surface area contributed by atoms with E-state index in [0.717, 1.165) is 51.6 Å². The summed E-state index contributed by atoms with van der Waals surface area (Å²) in [5, 5.41) is 21.6. The van der Waals surface area contributed by atoms with Crippen molar-refractivity contribution in [1.82, 2.24) is 4.90 Å². The Bertz CT molecular complexity index is 872. The van der Waals surface area contributed by atoms with Crippen LogP contribution in [0.5, 0.6) is 0 Å². The fourth-order valence-corrected chi connectivity index (χ4v) is 10.4. The van der Waals surface area contributed by atoms with Crippen LogP contribution in [0.25, 0.3) is 0 Å². The lowest BCUT2D eigenvalue weighted by Gasteiger charge is -2.62. The Hall–Kier alpha value is -0.570. The van der Waals surface area contributed by atoms with E-state index in [4.69, 9.17) is 14.2 Å². The van der Waals surface area contributed by atoms with Crippen molar-refractivity contribution in [3.63, 3.8) is 0 Å². The van der Waals surface area contributed by atoms with E-state index >= 15 is 0 Å². The molecule has 0 unspecified atom stereocenters. The molecule has 9 atom stereocenters. The number of morpholine rings is 1. The smallest absolute Gasteiger partial charge is 0.195 e. The lowest BCUT2D eigenvalue weighted by Crippen LogP contribution is -2.64. The van der Waals surface area contributed by atoms with Gasteiger partial charge in [0.25, 0.3) is 0 Å². The molecule has 6 aliphatic rings. The van der Waals surface area contributed by atoms with Gasteiger partial charge in [-0.3, -0.25) is 9.69 Å². The van der Waals surface area contributed by atoms with E-state index in [1.54, 1.807) is 0 Å². The van der Waals surface area contributed by atoms with Gasteiger partial charge in [-0.1, -0.05) is 13.8 Å². The highest BCUT2D eigenvalue weighted by atomic mass is 16.7. The molecule has 2 aliphatic heterocycles. The molecular formula is C29H47NO6. The summed E-state index contributed by atoms with van der Waals surface area (Å²) in [4.78, 5) is 16.7. The van der Waals surface area contributed by atoms with Crippen molar-refractivity contribution in [3.05, 3.63) is 0 Å². The highest BCUT2D eigenvalue weighted by Gasteiger charge is 2.67. The molecule has 0 aromatic rings. The molecule has 0 radical (unpaired) electrons. The molecule has 0 bridgehead atoms. The summed E-state index contributed by atoms with van der Waals surface area (Å²) in [5.74, 6) is 0.794. The summed E-state index contributed by atoms with van der Waals surface area (Å²) in [7, 11) is 0. The molecule has 7 heteroatoms. The van der Waals surface area contributed by atoms with Gasteiger partial charge in [0.2, 0.25) is 0 Å². The number of nitrogens with zero attached hydrogens (tertiary/aromatic N) is 1. The van der Waals surface area contributed by atoms with Gasteiger partial charge in [-0.2, -0.15) is 0 Å². The average molecular weight is 506 g/mol. The van der Waals surface area contributed by atoms with E-state index in [-0.39, 0.29) is 47.0 Å². The highest BCUT2D eigenvalue weighted by Crippen LogP contribution is 2.68. The number of carbonyl (C=O) groups is 1. The van der Waals surface area contributed by atoms with Crippen LogP contribution in [0.4, 0.5) is 0 Å². The quantitative estimate of drug-likeness (QED) is 0.610. The van der Waals surface area contributed by atoms with E-state index in [1.165, 1.54) is 0 Å². The molecule has 2 heterocycles. The Kier molecular flexibility index (Phi) is 6.22. The van der Waals surface area contributed by atoms with E-state index in [2.05, 4.69) is 32.6 Å². The molecule has 2 saturated heterocycles. The topological polar surface area (TPSA) is 88.5 Å². The SMILES string of the molecule is CC1(C)CN([C@H]2C[C@@]3(C)[C@@H](CC[C@H]4[C@@H]5CC[C@H](C6(CO)OCCO6)[C@@]5(C)CC(=O)[C@@H]43)C[C@@H]2O)CCO1. The molecule has 2 N–H and O–H groups in total. The maximum Gasteiger partial charge on any atom is 0.195 e. The van der Waals surface area contributed by atoms with Crippen molar-refractivity contribution in [2.24, 2.45) is 40.4 Å². The average Bonchev–Trinajstić information content (AvgIpc) is 3.43. The van der Waals surface area contributed by atoms with E-state index in [1.807, 2.05) is 0 Å². The maximum absolute atomic E-state index is 14.2. The van der Waals surface area contributed by atoms with Crippen LogP contribution < -0.4 is 0 Å². The first-order valence-electron chi connectivity index (χ1n) is 14.5. The molecule has 0 amide bonds. The standard InChI is InChI=1S/C29H47NO6/c1-26(2)16-30(9-10-34-26)21-14-27(3)18(13-22(21)32)5-6-19-20-7-8-24(29(17-31)35-11-12-36-29)28(20,4)15-23(33)25(19)27/h18-22,24-25,31-32H,5-17H2,1-4H3/t18-,19-,20-,21-,22-,24-,25+,27-,28-/m0/s1. The fourth-order valence-electron chi connectivity index (χ4n) is 10.4. The van der Waals surface area contributed by atoms with Gasteiger partial charge < -0.3 is 24.4 Å². The van der Waals surface area contributed by atoms with Gasteiger partial charge in [0, 0.05) is 37.4 Å². The summed E-state index contributed by atoms with van der Waals surface area (Å²) in [6, 6.07) is 0.0866. The molecule has 7 nitrogen and oxygen atoms in total. The third-order valence-corrected chi connectivity index (χ3v) is 11.8. The van der Waals surface area contributed by atoms with Crippen molar-refractivity contribution in [1.29, 1.82) is 0 Å². The number of ether oxygens (including phenoxy) is 3. The lowest BCUT2D eigenvalue weighted by molar-refractivity contribution is -0.245. The normalized spacial score (nSPS) is 50.4. The van der Waals surface area contributed by atoms with Gasteiger partial charge >= 0.3 is 0 Å². The van der Waals surface area contributed by atoms with Crippen molar-refractivity contribution >= 4 is 5.78 Å². The van der Waals surface area contributed by atoms with Crippen molar-refractivity contribution in [3.8, 4) is 0 Å². The maximum atomic E-state index is 14.2. The minimum Gasteiger partial charge on any atom is -0.391 e. The summed E-state index contributed by atoms with van der Waals surface area (Å²) in [6.45, 7) is 12.2. The zero-order valence-electron chi connectivity index (χ0n) is 22.7. The second-order valence-corrected chi connectivity index (χ2v) is 14.1. The number of hydrogen-bond acceptors (Lipinski definition) is 7. The number of hydrogen-bond donors (Lipinski definition) is 2. The summed E-state index contributed by atoms with van der Waals surface area (Å²) in [6.07, 6.45) is 6.10. The van der Waals surface area contributed by atoms with Crippen LogP contribution in [0.15, 0.2) is 0 Å². The molecule has 4 saturated carbocycles. The molecule has 0 aromatic carbocycles. The van der Waals surface area contributed by atoms with Gasteiger partial charge in [0.05, 0.1) is 38.1 Å². The number of aliphatic hydroxyl groups excluding tert-OH is 2. The zero-order chi connectivity index (χ0) is 25.5.